The summed E-state index contributed by atoms with van der Waals surface area (Å²) in [5.74, 6) is -2.62. The van der Waals surface area contributed by atoms with Gasteiger partial charge in [-0.2, -0.15) is 9.37 Å². The summed E-state index contributed by atoms with van der Waals surface area (Å²) < 4.78 is 18.1. The molecule has 0 aromatic carbocycles. The minimum absolute atomic E-state index is 0.225. The summed E-state index contributed by atoms with van der Waals surface area (Å²) in [6.07, 6.45) is 0. The fraction of sp³-hybridized carbons (Fsp3) is 0.500. The molecule has 0 radical (unpaired) electrons. The molecule has 1 rings (SSSR count). The molecule has 6 heteroatoms. The molecule has 0 saturated carbocycles. The van der Waals surface area contributed by atoms with Crippen molar-refractivity contribution in [3.8, 4) is 5.88 Å². The number of aromatic carboxylic acids is 1. The standard InChI is InChI=1S/C10H13FN2O3/c1-10(2,3)9-12-6(8(14)15)5(11)7(13-9)16-4/h1-4H3,(H,14,15). The Bertz CT molecular complexity index is 427. The zero-order valence-electron chi connectivity index (χ0n) is 9.54. The number of carboxylic acids is 1. The first-order valence-corrected chi connectivity index (χ1v) is 4.62. The number of carboxylic acid groups (broad SMARTS) is 1. The number of hydrogen-bond donors (Lipinski definition) is 1. The van der Waals surface area contributed by atoms with E-state index in [0.29, 0.717) is 0 Å². The highest BCUT2D eigenvalue weighted by molar-refractivity contribution is 5.86. The summed E-state index contributed by atoms with van der Waals surface area (Å²) in [6.45, 7) is 5.39. The normalized spacial score (nSPS) is 11.3. The Morgan fingerprint density at radius 3 is 2.31 bits per heavy atom. The van der Waals surface area contributed by atoms with Gasteiger partial charge in [-0.3, -0.25) is 0 Å². The molecule has 0 aliphatic carbocycles. The van der Waals surface area contributed by atoms with Crippen LogP contribution in [0.15, 0.2) is 0 Å². The summed E-state index contributed by atoms with van der Waals surface area (Å²) in [6, 6.07) is 0. The summed E-state index contributed by atoms with van der Waals surface area (Å²) in [5.41, 5.74) is -1.15. The molecule has 1 N–H and O–H groups in total. The number of rotatable bonds is 2. The van der Waals surface area contributed by atoms with Crippen molar-refractivity contribution in [2.45, 2.75) is 26.2 Å². The van der Waals surface area contributed by atoms with Crippen LogP contribution in [0.3, 0.4) is 0 Å². The minimum Gasteiger partial charge on any atom is -0.479 e. The van der Waals surface area contributed by atoms with Crippen molar-refractivity contribution in [1.29, 1.82) is 0 Å². The first-order chi connectivity index (χ1) is 7.27. The SMILES string of the molecule is COc1nc(C(C)(C)C)nc(C(=O)O)c1F. The highest BCUT2D eigenvalue weighted by atomic mass is 19.1. The van der Waals surface area contributed by atoms with E-state index in [1.54, 1.807) is 20.8 Å². The molecule has 1 aromatic rings. The van der Waals surface area contributed by atoms with Crippen LogP contribution >= 0.6 is 0 Å². The van der Waals surface area contributed by atoms with Crippen molar-refractivity contribution >= 4 is 5.97 Å². The highest BCUT2D eigenvalue weighted by Gasteiger charge is 2.25. The van der Waals surface area contributed by atoms with E-state index in [-0.39, 0.29) is 11.7 Å². The average Bonchev–Trinajstić information content (AvgIpc) is 2.15. The first-order valence-electron chi connectivity index (χ1n) is 4.62. The Labute approximate surface area is 92.3 Å². The van der Waals surface area contributed by atoms with E-state index in [2.05, 4.69) is 14.7 Å². The molecular formula is C10H13FN2O3. The van der Waals surface area contributed by atoms with Crippen LogP contribution in [-0.2, 0) is 5.41 Å². The third kappa shape index (κ3) is 2.26. The molecule has 0 atom stereocenters. The molecule has 5 nitrogen and oxygen atoms in total. The van der Waals surface area contributed by atoms with E-state index in [1.165, 1.54) is 7.11 Å². The van der Waals surface area contributed by atoms with Gasteiger partial charge in [-0.15, -0.1) is 0 Å². The van der Waals surface area contributed by atoms with Crippen LogP contribution in [0.2, 0.25) is 0 Å². The maximum atomic E-state index is 13.5. The number of methoxy groups -OCH3 is 1. The Hall–Kier alpha value is -1.72. The van der Waals surface area contributed by atoms with Gasteiger partial charge in [0.1, 0.15) is 5.82 Å². The second kappa shape index (κ2) is 4.03. The predicted molar refractivity (Wildman–Crippen MR) is 54.2 cm³/mol. The second-order valence-electron chi connectivity index (χ2n) is 4.27. The molecule has 16 heavy (non-hydrogen) atoms. The molecule has 0 fully saturated rings. The Kier molecular flexibility index (Phi) is 3.11. The van der Waals surface area contributed by atoms with Gasteiger partial charge in [0.05, 0.1) is 7.11 Å². The van der Waals surface area contributed by atoms with Gasteiger partial charge >= 0.3 is 5.97 Å². The van der Waals surface area contributed by atoms with Crippen molar-refractivity contribution in [2.75, 3.05) is 7.11 Å². The van der Waals surface area contributed by atoms with Gasteiger partial charge in [-0.25, -0.2) is 9.78 Å². The van der Waals surface area contributed by atoms with Gasteiger partial charge in [0.25, 0.3) is 5.88 Å². The van der Waals surface area contributed by atoms with E-state index < -0.39 is 22.9 Å². The van der Waals surface area contributed by atoms with Crippen LogP contribution in [0.5, 0.6) is 5.88 Å². The third-order valence-electron chi connectivity index (χ3n) is 1.89. The lowest BCUT2D eigenvalue weighted by Crippen LogP contribution is -2.20. The van der Waals surface area contributed by atoms with Crippen molar-refractivity contribution in [2.24, 2.45) is 0 Å². The lowest BCUT2D eigenvalue weighted by atomic mass is 9.95. The van der Waals surface area contributed by atoms with Crippen LogP contribution < -0.4 is 4.74 Å². The van der Waals surface area contributed by atoms with E-state index in [1.807, 2.05) is 0 Å². The topological polar surface area (TPSA) is 72.3 Å². The molecule has 0 aliphatic heterocycles. The van der Waals surface area contributed by atoms with Gasteiger partial charge in [0, 0.05) is 5.41 Å². The van der Waals surface area contributed by atoms with Crippen molar-refractivity contribution < 1.29 is 19.0 Å². The number of nitrogens with zero attached hydrogens (tertiary/aromatic N) is 2. The van der Waals surface area contributed by atoms with Crippen LogP contribution in [0.4, 0.5) is 4.39 Å². The molecule has 0 unspecified atom stereocenters. The van der Waals surface area contributed by atoms with E-state index in [4.69, 9.17) is 5.11 Å². The third-order valence-corrected chi connectivity index (χ3v) is 1.89. The number of hydrogen-bond acceptors (Lipinski definition) is 4. The average molecular weight is 228 g/mol. The van der Waals surface area contributed by atoms with Gasteiger partial charge < -0.3 is 9.84 Å². The van der Waals surface area contributed by atoms with E-state index >= 15 is 0 Å². The Morgan fingerprint density at radius 2 is 1.94 bits per heavy atom. The fourth-order valence-electron chi connectivity index (χ4n) is 1.04. The van der Waals surface area contributed by atoms with E-state index in [9.17, 15) is 9.18 Å². The largest absolute Gasteiger partial charge is 0.479 e. The van der Waals surface area contributed by atoms with Gasteiger partial charge in [0.15, 0.2) is 5.69 Å². The Balaban J connectivity index is 3.46. The van der Waals surface area contributed by atoms with Gasteiger partial charge in [-0.05, 0) is 0 Å². The molecule has 0 spiro atoms. The summed E-state index contributed by atoms with van der Waals surface area (Å²) in [4.78, 5) is 18.3. The molecule has 0 bridgehead atoms. The number of carbonyl (C=O) groups is 1. The second-order valence-corrected chi connectivity index (χ2v) is 4.27. The first kappa shape index (κ1) is 12.4. The van der Waals surface area contributed by atoms with Crippen molar-refractivity contribution in [3.05, 3.63) is 17.3 Å². The maximum Gasteiger partial charge on any atom is 0.357 e. The smallest absolute Gasteiger partial charge is 0.357 e. The lowest BCUT2D eigenvalue weighted by molar-refractivity contribution is 0.0682. The zero-order valence-corrected chi connectivity index (χ0v) is 9.54. The predicted octanol–water partition coefficient (Wildman–Crippen LogP) is 1.62. The number of halogens is 1. The van der Waals surface area contributed by atoms with E-state index in [0.717, 1.165) is 0 Å². The summed E-state index contributed by atoms with van der Waals surface area (Å²) in [5, 5.41) is 8.79. The van der Waals surface area contributed by atoms with Crippen LogP contribution in [0.1, 0.15) is 37.1 Å². The number of ether oxygens (including phenoxy) is 1. The van der Waals surface area contributed by atoms with Crippen LogP contribution in [0.25, 0.3) is 0 Å². The fourth-order valence-corrected chi connectivity index (χ4v) is 1.04. The molecule has 1 heterocycles. The highest BCUT2D eigenvalue weighted by Crippen LogP contribution is 2.24. The molecule has 0 aliphatic rings. The number of aromatic nitrogens is 2. The molecule has 88 valence electrons. The van der Waals surface area contributed by atoms with Crippen molar-refractivity contribution in [3.63, 3.8) is 0 Å². The molecular weight excluding hydrogens is 215 g/mol. The van der Waals surface area contributed by atoms with Gasteiger partial charge in [0.2, 0.25) is 5.82 Å². The molecule has 0 saturated heterocycles. The lowest BCUT2D eigenvalue weighted by Gasteiger charge is -2.17. The molecule has 0 amide bonds. The summed E-state index contributed by atoms with van der Waals surface area (Å²) >= 11 is 0. The van der Waals surface area contributed by atoms with Crippen LogP contribution in [0, 0.1) is 5.82 Å². The van der Waals surface area contributed by atoms with Crippen LogP contribution in [-0.4, -0.2) is 28.2 Å². The Morgan fingerprint density at radius 1 is 1.38 bits per heavy atom. The molecule has 1 aromatic heterocycles. The minimum atomic E-state index is -1.44. The maximum absolute atomic E-state index is 13.5. The van der Waals surface area contributed by atoms with Crippen molar-refractivity contribution in [1.82, 2.24) is 9.97 Å². The quantitative estimate of drug-likeness (QED) is 0.832. The summed E-state index contributed by atoms with van der Waals surface area (Å²) in [7, 11) is 1.23. The monoisotopic (exact) mass is 228 g/mol. The zero-order chi connectivity index (χ0) is 12.5. The van der Waals surface area contributed by atoms with Gasteiger partial charge in [-0.1, -0.05) is 20.8 Å².